The van der Waals surface area contributed by atoms with E-state index in [4.69, 9.17) is 16.2 Å². The fraction of sp³-hybridized carbons (Fsp3) is 0.409. The zero-order valence-corrected chi connectivity index (χ0v) is 16.7. The minimum atomic E-state index is -0.653. The molecule has 1 saturated heterocycles. The largest absolute Gasteiger partial charge is 0.376 e. The van der Waals surface area contributed by atoms with Crippen LogP contribution in [0.5, 0.6) is 0 Å². The lowest BCUT2D eigenvalue weighted by molar-refractivity contribution is 0.0225. The number of nitrogens with zero attached hydrogens (tertiary/aromatic N) is 1. The SMILES string of the molecule is CC(c1ccccc1)c1cc(C(N)=O)c(CCCC2CNCCO2)c(C(N)=O)n1. The summed E-state index contributed by atoms with van der Waals surface area (Å²) < 4.78 is 5.71. The van der Waals surface area contributed by atoms with Gasteiger partial charge in [-0.1, -0.05) is 37.3 Å². The number of amides is 2. The molecule has 2 heterocycles. The van der Waals surface area contributed by atoms with E-state index in [-0.39, 0.29) is 17.7 Å². The average Bonchev–Trinajstić information content (AvgIpc) is 2.74. The molecule has 0 saturated carbocycles. The fourth-order valence-electron chi connectivity index (χ4n) is 3.71. The Hall–Kier alpha value is -2.77. The summed E-state index contributed by atoms with van der Waals surface area (Å²) in [6, 6.07) is 11.5. The van der Waals surface area contributed by atoms with Crippen molar-refractivity contribution in [3.05, 3.63) is 64.5 Å². The summed E-state index contributed by atoms with van der Waals surface area (Å²) >= 11 is 0. The Labute approximate surface area is 170 Å². The van der Waals surface area contributed by atoms with Crippen LogP contribution in [0, 0.1) is 0 Å². The molecule has 2 amide bonds. The molecule has 29 heavy (non-hydrogen) atoms. The molecular formula is C22H28N4O3. The Kier molecular flexibility index (Phi) is 6.95. The number of rotatable bonds is 8. The maximum atomic E-state index is 12.2. The molecule has 0 spiro atoms. The fourth-order valence-corrected chi connectivity index (χ4v) is 3.71. The predicted octanol–water partition coefficient (Wildman–Crippen LogP) is 1.74. The van der Waals surface area contributed by atoms with Gasteiger partial charge >= 0.3 is 0 Å². The molecule has 0 bridgehead atoms. The van der Waals surface area contributed by atoms with Gasteiger partial charge in [0.1, 0.15) is 5.69 Å². The van der Waals surface area contributed by atoms with Crippen LogP contribution in [-0.4, -0.2) is 42.6 Å². The summed E-state index contributed by atoms with van der Waals surface area (Å²) in [5.41, 5.74) is 13.9. The van der Waals surface area contributed by atoms with E-state index in [9.17, 15) is 9.59 Å². The summed E-state index contributed by atoms with van der Waals surface area (Å²) in [7, 11) is 0. The highest BCUT2D eigenvalue weighted by molar-refractivity contribution is 6.00. The molecule has 5 N–H and O–H groups in total. The molecule has 7 nitrogen and oxygen atoms in total. The van der Waals surface area contributed by atoms with Crippen molar-refractivity contribution in [2.24, 2.45) is 11.5 Å². The number of aromatic nitrogens is 1. The van der Waals surface area contributed by atoms with Crippen LogP contribution in [0.1, 0.15) is 63.4 Å². The van der Waals surface area contributed by atoms with Gasteiger partial charge in [-0.3, -0.25) is 9.59 Å². The van der Waals surface area contributed by atoms with Gasteiger partial charge in [-0.25, -0.2) is 4.98 Å². The van der Waals surface area contributed by atoms with E-state index in [1.54, 1.807) is 6.07 Å². The number of ether oxygens (including phenoxy) is 1. The van der Waals surface area contributed by atoms with Gasteiger partial charge in [-0.2, -0.15) is 0 Å². The second-order valence-electron chi connectivity index (χ2n) is 7.37. The zero-order chi connectivity index (χ0) is 20.8. The molecule has 2 atom stereocenters. The Bertz CT molecular complexity index is 829. The Morgan fingerprint density at radius 1 is 1.24 bits per heavy atom. The number of hydrogen-bond acceptors (Lipinski definition) is 5. The first-order chi connectivity index (χ1) is 14.0. The quantitative estimate of drug-likeness (QED) is 0.628. The van der Waals surface area contributed by atoms with Gasteiger partial charge in [0, 0.05) is 30.3 Å². The van der Waals surface area contributed by atoms with E-state index in [0.29, 0.717) is 29.8 Å². The van der Waals surface area contributed by atoms with Gasteiger partial charge in [0.2, 0.25) is 5.91 Å². The summed E-state index contributed by atoms with van der Waals surface area (Å²) in [5, 5.41) is 3.29. The van der Waals surface area contributed by atoms with Crippen LogP contribution in [0.4, 0.5) is 0 Å². The molecule has 1 fully saturated rings. The lowest BCUT2D eigenvalue weighted by Gasteiger charge is -2.23. The number of hydrogen-bond donors (Lipinski definition) is 3. The van der Waals surface area contributed by atoms with Crippen molar-refractivity contribution in [2.75, 3.05) is 19.7 Å². The molecule has 1 aromatic carbocycles. The summed E-state index contributed by atoms with van der Waals surface area (Å²) in [5.74, 6) is -1.34. The third-order valence-electron chi connectivity index (χ3n) is 5.34. The first kappa shape index (κ1) is 21.0. The minimum absolute atomic E-state index is 0.108. The van der Waals surface area contributed by atoms with Gasteiger partial charge in [0.05, 0.1) is 12.7 Å². The topological polar surface area (TPSA) is 120 Å². The van der Waals surface area contributed by atoms with Crippen LogP contribution >= 0.6 is 0 Å². The Morgan fingerprint density at radius 2 is 2.00 bits per heavy atom. The number of primary amides is 2. The smallest absolute Gasteiger partial charge is 0.267 e. The maximum absolute atomic E-state index is 12.2. The zero-order valence-electron chi connectivity index (χ0n) is 16.7. The van der Waals surface area contributed by atoms with Crippen molar-refractivity contribution in [1.82, 2.24) is 10.3 Å². The van der Waals surface area contributed by atoms with Gasteiger partial charge in [-0.05, 0) is 36.5 Å². The molecule has 2 aromatic rings. The van der Waals surface area contributed by atoms with E-state index in [1.807, 2.05) is 37.3 Å². The molecule has 1 aromatic heterocycles. The van der Waals surface area contributed by atoms with E-state index < -0.39 is 11.8 Å². The third-order valence-corrected chi connectivity index (χ3v) is 5.34. The predicted molar refractivity (Wildman–Crippen MR) is 111 cm³/mol. The van der Waals surface area contributed by atoms with Crippen molar-refractivity contribution in [3.8, 4) is 0 Å². The first-order valence-electron chi connectivity index (χ1n) is 9.98. The molecule has 0 aliphatic carbocycles. The molecular weight excluding hydrogens is 368 g/mol. The number of pyridine rings is 1. The normalized spacial score (nSPS) is 17.6. The van der Waals surface area contributed by atoms with Gasteiger partial charge in [0.15, 0.2) is 0 Å². The monoisotopic (exact) mass is 396 g/mol. The van der Waals surface area contributed by atoms with Gasteiger partial charge < -0.3 is 21.5 Å². The maximum Gasteiger partial charge on any atom is 0.267 e. The van der Waals surface area contributed by atoms with Crippen LogP contribution < -0.4 is 16.8 Å². The van der Waals surface area contributed by atoms with Crippen molar-refractivity contribution >= 4 is 11.8 Å². The second kappa shape index (κ2) is 9.62. The number of benzene rings is 1. The Morgan fingerprint density at radius 3 is 2.62 bits per heavy atom. The molecule has 3 rings (SSSR count). The number of nitrogens with one attached hydrogen (secondary N) is 1. The van der Waals surface area contributed by atoms with Crippen molar-refractivity contribution in [1.29, 1.82) is 0 Å². The van der Waals surface area contributed by atoms with Crippen LogP contribution in [-0.2, 0) is 11.2 Å². The Balaban J connectivity index is 1.88. The molecule has 1 aliphatic rings. The highest BCUT2D eigenvalue weighted by Crippen LogP contribution is 2.26. The minimum Gasteiger partial charge on any atom is -0.376 e. The number of morpholine rings is 1. The molecule has 7 heteroatoms. The molecule has 154 valence electrons. The second-order valence-corrected chi connectivity index (χ2v) is 7.37. The molecule has 0 radical (unpaired) electrons. The van der Waals surface area contributed by atoms with E-state index in [2.05, 4.69) is 10.3 Å². The van der Waals surface area contributed by atoms with Crippen LogP contribution in [0.3, 0.4) is 0 Å². The summed E-state index contributed by atoms with van der Waals surface area (Å²) in [6.45, 7) is 4.33. The summed E-state index contributed by atoms with van der Waals surface area (Å²) in [6.07, 6.45) is 2.17. The number of carbonyl (C=O) groups is 2. The highest BCUT2D eigenvalue weighted by Gasteiger charge is 2.23. The van der Waals surface area contributed by atoms with Crippen molar-refractivity contribution in [3.63, 3.8) is 0 Å². The summed E-state index contributed by atoms with van der Waals surface area (Å²) in [4.78, 5) is 28.9. The van der Waals surface area contributed by atoms with Gasteiger partial charge in [-0.15, -0.1) is 0 Å². The van der Waals surface area contributed by atoms with E-state index in [0.717, 1.165) is 31.5 Å². The average molecular weight is 396 g/mol. The highest BCUT2D eigenvalue weighted by atomic mass is 16.5. The standard InChI is InChI=1S/C22H28N4O3/c1-14(15-6-3-2-4-7-15)19-12-18(21(23)27)17(20(26-19)22(24)28)9-5-8-16-13-25-10-11-29-16/h2-4,6-7,12,14,16,25H,5,8-11,13H2,1H3,(H2,23,27)(H2,24,28). The lowest BCUT2D eigenvalue weighted by Crippen LogP contribution is -2.38. The van der Waals surface area contributed by atoms with Crippen molar-refractivity contribution in [2.45, 2.75) is 38.2 Å². The van der Waals surface area contributed by atoms with Gasteiger partial charge in [0.25, 0.3) is 5.91 Å². The van der Waals surface area contributed by atoms with Crippen LogP contribution in [0.25, 0.3) is 0 Å². The first-order valence-corrected chi connectivity index (χ1v) is 9.98. The van der Waals surface area contributed by atoms with Crippen LogP contribution in [0.15, 0.2) is 36.4 Å². The van der Waals surface area contributed by atoms with E-state index >= 15 is 0 Å². The van der Waals surface area contributed by atoms with E-state index in [1.165, 1.54) is 0 Å². The van der Waals surface area contributed by atoms with Crippen molar-refractivity contribution < 1.29 is 14.3 Å². The molecule has 1 aliphatic heterocycles. The number of nitrogens with two attached hydrogens (primary N) is 2. The van der Waals surface area contributed by atoms with Crippen LogP contribution in [0.2, 0.25) is 0 Å². The molecule has 2 unspecified atom stereocenters. The number of carbonyl (C=O) groups excluding carboxylic acids is 2. The lowest BCUT2D eigenvalue weighted by atomic mass is 9.92. The third kappa shape index (κ3) is 5.19.